The van der Waals surface area contributed by atoms with Crippen LogP contribution in [0.3, 0.4) is 0 Å². The van der Waals surface area contributed by atoms with Gasteiger partial charge in [-0.2, -0.15) is 0 Å². The van der Waals surface area contributed by atoms with Crippen molar-refractivity contribution in [3.8, 4) is 0 Å². The van der Waals surface area contributed by atoms with Crippen LogP contribution in [0, 0.1) is 17.8 Å². The van der Waals surface area contributed by atoms with Gasteiger partial charge in [-0.25, -0.2) is 0 Å². The number of carbonyl (C=O) groups is 1. The van der Waals surface area contributed by atoms with Crippen molar-refractivity contribution < 1.29 is 9.53 Å². The van der Waals surface area contributed by atoms with Gasteiger partial charge in [0, 0.05) is 13.1 Å². The molecule has 0 unspecified atom stereocenters. The Bertz CT molecular complexity index is 282. The molecule has 1 saturated heterocycles. The van der Waals surface area contributed by atoms with Crippen molar-refractivity contribution in [2.75, 3.05) is 39.4 Å². The van der Waals surface area contributed by atoms with E-state index in [1.807, 2.05) is 4.90 Å². The van der Waals surface area contributed by atoms with Crippen LogP contribution in [0.2, 0.25) is 0 Å². The standard InChI is InChI=1S/C14H24N2O2/c17-14(16-5-7-18-8-6-16)10-15-9-13(11-1-2-11)12-3-4-12/h11-13,15H,1-10H2. The number of hydrogen-bond donors (Lipinski definition) is 1. The molecule has 0 aromatic rings. The van der Waals surface area contributed by atoms with Crippen LogP contribution in [0.15, 0.2) is 0 Å². The molecule has 4 heteroatoms. The van der Waals surface area contributed by atoms with Crippen LogP contribution in [0.1, 0.15) is 25.7 Å². The van der Waals surface area contributed by atoms with Gasteiger partial charge >= 0.3 is 0 Å². The Balaban J connectivity index is 1.36. The smallest absolute Gasteiger partial charge is 0.236 e. The highest BCUT2D eigenvalue weighted by Gasteiger charge is 2.40. The summed E-state index contributed by atoms with van der Waals surface area (Å²) >= 11 is 0. The zero-order valence-corrected chi connectivity index (χ0v) is 11.1. The molecule has 1 heterocycles. The van der Waals surface area contributed by atoms with Crippen molar-refractivity contribution in [3.63, 3.8) is 0 Å². The molecule has 0 aromatic carbocycles. The monoisotopic (exact) mass is 252 g/mol. The maximum atomic E-state index is 12.0. The molecule has 1 aliphatic heterocycles. The zero-order chi connectivity index (χ0) is 12.4. The van der Waals surface area contributed by atoms with E-state index < -0.39 is 0 Å². The number of morpholine rings is 1. The average Bonchev–Trinajstić information content (AvgIpc) is 3.29. The lowest BCUT2D eigenvalue weighted by Gasteiger charge is -2.27. The molecular formula is C14H24N2O2. The highest BCUT2D eigenvalue weighted by atomic mass is 16.5. The van der Waals surface area contributed by atoms with E-state index in [1.54, 1.807) is 0 Å². The maximum absolute atomic E-state index is 12.0. The molecule has 2 saturated carbocycles. The Kier molecular flexibility index (Phi) is 3.85. The molecule has 1 amide bonds. The summed E-state index contributed by atoms with van der Waals surface area (Å²) in [4.78, 5) is 13.9. The van der Waals surface area contributed by atoms with Gasteiger partial charge in [-0.3, -0.25) is 4.79 Å². The molecule has 18 heavy (non-hydrogen) atoms. The molecule has 0 aromatic heterocycles. The minimum atomic E-state index is 0.239. The van der Waals surface area contributed by atoms with Gasteiger partial charge in [-0.15, -0.1) is 0 Å². The van der Waals surface area contributed by atoms with Crippen LogP contribution in [-0.2, 0) is 9.53 Å². The van der Waals surface area contributed by atoms with E-state index in [-0.39, 0.29) is 5.91 Å². The Morgan fingerprint density at radius 1 is 1.17 bits per heavy atom. The molecule has 3 aliphatic rings. The molecule has 102 valence electrons. The van der Waals surface area contributed by atoms with Crippen LogP contribution in [0.5, 0.6) is 0 Å². The molecule has 3 rings (SSSR count). The average molecular weight is 252 g/mol. The third kappa shape index (κ3) is 3.23. The molecule has 0 radical (unpaired) electrons. The van der Waals surface area contributed by atoms with Crippen molar-refractivity contribution in [1.29, 1.82) is 0 Å². The summed E-state index contributed by atoms with van der Waals surface area (Å²) in [6.07, 6.45) is 5.67. The first kappa shape index (κ1) is 12.4. The first-order chi connectivity index (χ1) is 8.84. The van der Waals surface area contributed by atoms with Crippen molar-refractivity contribution in [3.05, 3.63) is 0 Å². The Labute approximate surface area is 109 Å². The fourth-order valence-electron chi connectivity index (χ4n) is 3.04. The summed E-state index contributed by atoms with van der Waals surface area (Å²) in [5.41, 5.74) is 0. The lowest BCUT2D eigenvalue weighted by atomic mass is 9.98. The van der Waals surface area contributed by atoms with Gasteiger partial charge in [-0.1, -0.05) is 0 Å². The van der Waals surface area contributed by atoms with Crippen LogP contribution in [0.4, 0.5) is 0 Å². The highest BCUT2D eigenvalue weighted by molar-refractivity contribution is 5.78. The number of hydrogen-bond acceptors (Lipinski definition) is 3. The van der Waals surface area contributed by atoms with Gasteiger partial charge in [-0.05, 0) is 50.0 Å². The van der Waals surface area contributed by atoms with Crippen LogP contribution < -0.4 is 5.32 Å². The zero-order valence-electron chi connectivity index (χ0n) is 11.1. The predicted molar refractivity (Wildman–Crippen MR) is 69.2 cm³/mol. The van der Waals surface area contributed by atoms with Crippen LogP contribution in [-0.4, -0.2) is 50.2 Å². The number of amides is 1. The lowest BCUT2D eigenvalue weighted by molar-refractivity contribution is -0.134. The van der Waals surface area contributed by atoms with Gasteiger partial charge in [0.2, 0.25) is 5.91 Å². The van der Waals surface area contributed by atoms with Gasteiger partial charge < -0.3 is 15.0 Å². The van der Waals surface area contributed by atoms with E-state index in [9.17, 15) is 4.79 Å². The summed E-state index contributed by atoms with van der Waals surface area (Å²) in [7, 11) is 0. The molecule has 0 bridgehead atoms. The van der Waals surface area contributed by atoms with Crippen molar-refractivity contribution >= 4 is 5.91 Å². The van der Waals surface area contributed by atoms with Gasteiger partial charge in [0.05, 0.1) is 19.8 Å². The van der Waals surface area contributed by atoms with Gasteiger partial charge in [0.1, 0.15) is 0 Å². The van der Waals surface area contributed by atoms with E-state index in [0.29, 0.717) is 19.8 Å². The summed E-state index contributed by atoms with van der Waals surface area (Å²) < 4.78 is 5.26. The SMILES string of the molecule is O=C(CNCC(C1CC1)C1CC1)N1CCOCC1. The minimum Gasteiger partial charge on any atom is -0.378 e. The minimum absolute atomic E-state index is 0.239. The third-order valence-corrected chi connectivity index (χ3v) is 4.48. The van der Waals surface area contributed by atoms with E-state index in [2.05, 4.69) is 5.32 Å². The molecule has 0 atom stereocenters. The molecule has 1 N–H and O–H groups in total. The lowest BCUT2D eigenvalue weighted by Crippen LogP contribution is -2.45. The molecule has 3 fully saturated rings. The first-order valence-corrected chi connectivity index (χ1v) is 7.41. The quantitative estimate of drug-likeness (QED) is 0.763. The number of nitrogens with one attached hydrogen (secondary N) is 1. The number of rotatable bonds is 6. The number of ether oxygens (including phenoxy) is 1. The summed E-state index contributed by atoms with van der Waals surface area (Å²) in [6, 6.07) is 0. The molecule has 0 spiro atoms. The second-order valence-electron chi connectivity index (χ2n) is 5.96. The summed E-state index contributed by atoms with van der Waals surface area (Å²) in [6.45, 7) is 4.46. The number of carbonyl (C=O) groups excluding carboxylic acids is 1. The van der Waals surface area contributed by atoms with Gasteiger partial charge in [0.15, 0.2) is 0 Å². The van der Waals surface area contributed by atoms with Crippen molar-refractivity contribution in [1.82, 2.24) is 10.2 Å². The number of nitrogens with zero attached hydrogens (tertiary/aromatic N) is 1. The predicted octanol–water partition coefficient (Wildman–Crippen LogP) is 0.871. The normalized spacial score (nSPS) is 24.6. The first-order valence-electron chi connectivity index (χ1n) is 7.41. The maximum Gasteiger partial charge on any atom is 0.236 e. The summed E-state index contributed by atoms with van der Waals surface area (Å²) in [5, 5.41) is 3.39. The molecule has 2 aliphatic carbocycles. The van der Waals surface area contributed by atoms with E-state index in [0.717, 1.165) is 37.4 Å². The molecule has 4 nitrogen and oxygen atoms in total. The Morgan fingerprint density at radius 3 is 2.33 bits per heavy atom. The highest BCUT2D eigenvalue weighted by Crippen LogP contribution is 2.48. The third-order valence-electron chi connectivity index (χ3n) is 4.48. The van der Waals surface area contributed by atoms with E-state index in [4.69, 9.17) is 4.74 Å². The summed E-state index contributed by atoms with van der Waals surface area (Å²) in [5.74, 6) is 3.01. The van der Waals surface area contributed by atoms with Crippen LogP contribution in [0.25, 0.3) is 0 Å². The second kappa shape index (κ2) is 5.57. The van der Waals surface area contributed by atoms with Crippen molar-refractivity contribution in [2.45, 2.75) is 25.7 Å². The fraction of sp³-hybridized carbons (Fsp3) is 0.929. The van der Waals surface area contributed by atoms with Crippen molar-refractivity contribution in [2.24, 2.45) is 17.8 Å². The van der Waals surface area contributed by atoms with Gasteiger partial charge in [0.25, 0.3) is 0 Å². The largest absolute Gasteiger partial charge is 0.378 e. The van der Waals surface area contributed by atoms with Crippen LogP contribution >= 0.6 is 0 Å². The van der Waals surface area contributed by atoms with E-state index in [1.165, 1.54) is 25.7 Å². The molecular weight excluding hydrogens is 228 g/mol. The second-order valence-corrected chi connectivity index (χ2v) is 5.96. The fourth-order valence-corrected chi connectivity index (χ4v) is 3.04. The Hall–Kier alpha value is -0.610. The topological polar surface area (TPSA) is 41.6 Å². The Morgan fingerprint density at radius 2 is 1.78 bits per heavy atom. The van der Waals surface area contributed by atoms with E-state index >= 15 is 0 Å².